The van der Waals surface area contributed by atoms with Crippen molar-refractivity contribution < 1.29 is 19.4 Å². The lowest BCUT2D eigenvalue weighted by Crippen LogP contribution is -2.34. The normalized spacial score (nSPS) is 11.2. The van der Waals surface area contributed by atoms with Gasteiger partial charge in [-0.3, -0.25) is 4.79 Å². The van der Waals surface area contributed by atoms with Crippen LogP contribution in [0.25, 0.3) is 0 Å². The molecule has 0 atom stereocenters. The summed E-state index contributed by atoms with van der Waals surface area (Å²) in [5, 5.41) is 11.6. The monoisotopic (exact) mass is 280 g/mol. The maximum Gasteiger partial charge on any atom is 0.354 e. The second-order valence-corrected chi connectivity index (χ2v) is 5.32. The summed E-state index contributed by atoms with van der Waals surface area (Å²) in [5.41, 5.74) is 0.0603. The van der Waals surface area contributed by atoms with Crippen LogP contribution in [-0.2, 0) is 4.74 Å². The molecular formula is C14H20N2O4. The molecule has 2 N–H and O–H groups in total. The van der Waals surface area contributed by atoms with E-state index in [0.29, 0.717) is 18.7 Å². The number of nitrogens with one attached hydrogen (secondary N) is 1. The summed E-state index contributed by atoms with van der Waals surface area (Å²) < 4.78 is 5.02. The quantitative estimate of drug-likeness (QED) is 0.791. The number of hydrogen-bond donors (Lipinski definition) is 2. The van der Waals surface area contributed by atoms with Crippen molar-refractivity contribution in [3.63, 3.8) is 0 Å². The molecule has 0 fully saturated rings. The first-order valence-corrected chi connectivity index (χ1v) is 6.32. The van der Waals surface area contributed by atoms with Crippen LogP contribution in [0.4, 0.5) is 0 Å². The van der Waals surface area contributed by atoms with Crippen LogP contribution < -0.4 is 5.32 Å². The number of methoxy groups -OCH3 is 1. The number of amides is 1. The van der Waals surface area contributed by atoms with E-state index in [4.69, 9.17) is 9.84 Å². The van der Waals surface area contributed by atoms with Crippen molar-refractivity contribution in [3.8, 4) is 0 Å². The van der Waals surface area contributed by atoms with E-state index in [9.17, 15) is 9.59 Å². The van der Waals surface area contributed by atoms with Gasteiger partial charge in [0.25, 0.3) is 5.91 Å². The fourth-order valence-corrected chi connectivity index (χ4v) is 1.58. The van der Waals surface area contributed by atoms with Gasteiger partial charge in [0.1, 0.15) is 5.69 Å². The van der Waals surface area contributed by atoms with E-state index in [1.54, 1.807) is 7.11 Å². The number of aromatic nitrogens is 1. The average Bonchev–Trinajstić information content (AvgIpc) is 2.43. The van der Waals surface area contributed by atoms with E-state index in [2.05, 4.69) is 10.3 Å². The Morgan fingerprint density at radius 1 is 1.45 bits per heavy atom. The van der Waals surface area contributed by atoms with Gasteiger partial charge in [0, 0.05) is 32.0 Å². The van der Waals surface area contributed by atoms with Gasteiger partial charge in [-0.2, -0.15) is 0 Å². The number of carboxylic acids is 1. The van der Waals surface area contributed by atoms with Crippen molar-refractivity contribution in [1.29, 1.82) is 0 Å². The molecule has 0 saturated heterocycles. The fraction of sp³-hybridized carbons (Fsp3) is 0.500. The van der Waals surface area contributed by atoms with Crippen LogP contribution in [-0.4, -0.2) is 42.2 Å². The Bertz CT molecular complexity index is 486. The first-order valence-electron chi connectivity index (χ1n) is 6.32. The first-order chi connectivity index (χ1) is 9.35. The molecule has 0 aromatic carbocycles. The van der Waals surface area contributed by atoms with E-state index in [0.717, 1.165) is 6.42 Å². The minimum absolute atomic E-state index is 0.0890. The second kappa shape index (κ2) is 7.00. The number of carbonyl (C=O) groups is 2. The Kier molecular flexibility index (Phi) is 5.64. The third-order valence-electron chi connectivity index (χ3n) is 2.95. The third-order valence-corrected chi connectivity index (χ3v) is 2.95. The summed E-state index contributed by atoms with van der Waals surface area (Å²) in [7, 11) is 1.64. The molecule has 20 heavy (non-hydrogen) atoms. The molecule has 1 amide bonds. The van der Waals surface area contributed by atoms with Gasteiger partial charge in [-0.1, -0.05) is 13.8 Å². The molecular weight excluding hydrogens is 260 g/mol. The topological polar surface area (TPSA) is 88.5 Å². The molecule has 1 heterocycles. The van der Waals surface area contributed by atoms with Crippen molar-refractivity contribution in [2.75, 3.05) is 20.3 Å². The molecule has 0 saturated carbocycles. The van der Waals surface area contributed by atoms with Crippen molar-refractivity contribution >= 4 is 11.9 Å². The van der Waals surface area contributed by atoms with E-state index in [-0.39, 0.29) is 17.0 Å². The molecule has 0 unspecified atom stereocenters. The van der Waals surface area contributed by atoms with Gasteiger partial charge in [0.2, 0.25) is 0 Å². The van der Waals surface area contributed by atoms with Crippen LogP contribution in [0.1, 0.15) is 41.1 Å². The Balaban J connectivity index is 2.63. The van der Waals surface area contributed by atoms with Crippen LogP contribution in [0.15, 0.2) is 18.3 Å². The predicted octanol–water partition coefficient (Wildman–Crippen LogP) is 1.57. The molecule has 0 aliphatic carbocycles. The van der Waals surface area contributed by atoms with Crippen LogP contribution in [0.3, 0.4) is 0 Å². The molecule has 1 aromatic rings. The lowest BCUT2D eigenvalue weighted by atomic mass is 9.89. The lowest BCUT2D eigenvalue weighted by Gasteiger charge is -2.24. The van der Waals surface area contributed by atoms with Gasteiger partial charge >= 0.3 is 5.97 Å². The van der Waals surface area contributed by atoms with E-state index in [1.807, 2.05) is 13.8 Å². The maximum atomic E-state index is 12.0. The SMILES string of the molecule is COCCC(C)(C)CNC(=O)c1ccnc(C(=O)O)c1. The number of rotatable bonds is 7. The van der Waals surface area contributed by atoms with Crippen molar-refractivity contribution in [2.45, 2.75) is 20.3 Å². The van der Waals surface area contributed by atoms with Gasteiger partial charge in [-0.05, 0) is 24.0 Å². The summed E-state index contributed by atoms with van der Waals surface area (Å²) >= 11 is 0. The van der Waals surface area contributed by atoms with Gasteiger partial charge in [0.05, 0.1) is 0 Å². The van der Waals surface area contributed by atoms with Gasteiger partial charge in [-0.25, -0.2) is 9.78 Å². The summed E-state index contributed by atoms with van der Waals surface area (Å²) in [6, 6.07) is 2.75. The summed E-state index contributed by atoms with van der Waals surface area (Å²) in [6.07, 6.45) is 2.13. The molecule has 1 aromatic heterocycles. The molecule has 0 aliphatic rings. The number of carbonyl (C=O) groups excluding carboxylic acids is 1. The zero-order valence-electron chi connectivity index (χ0n) is 12.0. The first kappa shape index (κ1) is 16.1. The molecule has 6 nitrogen and oxygen atoms in total. The van der Waals surface area contributed by atoms with E-state index < -0.39 is 5.97 Å². The molecule has 1 rings (SSSR count). The highest BCUT2D eigenvalue weighted by molar-refractivity contribution is 5.96. The zero-order chi connectivity index (χ0) is 15.2. The fourth-order valence-electron chi connectivity index (χ4n) is 1.58. The molecule has 0 radical (unpaired) electrons. The number of ether oxygens (including phenoxy) is 1. The lowest BCUT2D eigenvalue weighted by molar-refractivity contribution is 0.0690. The largest absolute Gasteiger partial charge is 0.477 e. The number of hydrogen-bond acceptors (Lipinski definition) is 4. The standard InChI is InChI=1S/C14H20N2O4/c1-14(2,5-7-20-3)9-16-12(17)10-4-6-15-11(8-10)13(18)19/h4,6,8H,5,7,9H2,1-3H3,(H,16,17)(H,18,19). The number of pyridine rings is 1. The number of aromatic carboxylic acids is 1. The minimum atomic E-state index is -1.15. The van der Waals surface area contributed by atoms with Crippen LogP contribution in [0.2, 0.25) is 0 Å². The summed E-state index contributed by atoms with van der Waals surface area (Å²) in [6.45, 7) is 5.17. The average molecular weight is 280 g/mol. The van der Waals surface area contributed by atoms with Gasteiger partial charge < -0.3 is 15.2 Å². The number of carboxylic acid groups (broad SMARTS) is 1. The van der Waals surface area contributed by atoms with E-state index >= 15 is 0 Å². The van der Waals surface area contributed by atoms with Gasteiger partial charge in [0.15, 0.2) is 0 Å². The highest BCUT2D eigenvalue weighted by Gasteiger charge is 2.19. The van der Waals surface area contributed by atoms with Crippen molar-refractivity contribution in [2.24, 2.45) is 5.41 Å². The Hall–Kier alpha value is -1.95. The van der Waals surface area contributed by atoms with Crippen LogP contribution in [0, 0.1) is 5.41 Å². The summed E-state index contributed by atoms with van der Waals surface area (Å²) in [5.74, 6) is -1.46. The Morgan fingerprint density at radius 3 is 2.75 bits per heavy atom. The van der Waals surface area contributed by atoms with Crippen molar-refractivity contribution in [3.05, 3.63) is 29.6 Å². The van der Waals surface area contributed by atoms with E-state index in [1.165, 1.54) is 18.3 Å². The Morgan fingerprint density at radius 2 is 2.15 bits per heavy atom. The van der Waals surface area contributed by atoms with Crippen LogP contribution >= 0.6 is 0 Å². The third kappa shape index (κ3) is 4.97. The second-order valence-electron chi connectivity index (χ2n) is 5.32. The van der Waals surface area contributed by atoms with Gasteiger partial charge in [-0.15, -0.1) is 0 Å². The maximum absolute atomic E-state index is 12.0. The molecule has 0 spiro atoms. The Labute approximate surface area is 118 Å². The van der Waals surface area contributed by atoms with Crippen LogP contribution in [0.5, 0.6) is 0 Å². The smallest absolute Gasteiger partial charge is 0.354 e. The molecule has 6 heteroatoms. The molecule has 110 valence electrons. The zero-order valence-corrected chi connectivity index (χ0v) is 12.0. The molecule has 0 aliphatic heterocycles. The highest BCUT2D eigenvalue weighted by Crippen LogP contribution is 2.18. The molecule has 0 bridgehead atoms. The minimum Gasteiger partial charge on any atom is -0.477 e. The predicted molar refractivity (Wildman–Crippen MR) is 73.8 cm³/mol. The highest BCUT2D eigenvalue weighted by atomic mass is 16.5. The van der Waals surface area contributed by atoms with Crippen molar-refractivity contribution in [1.82, 2.24) is 10.3 Å². The number of nitrogens with zero attached hydrogens (tertiary/aromatic N) is 1. The summed E-state index contributed by atoms with van der Waals surface area (Å²) in [4.78, 5) is 26.5.